The summed E-state index contributed by atoms with van der Waals surface area (Å²) in [6.45, 7) is 8.95. The molecule has 2 nitrogen and oxygen atoms in total. The third-order valence-corrected chi connectivity index (χ3v) is 11.1. The number of hydrogen-bond acceptors (Lipinski definition) is 1. The van der Waals surface area contributed by atoms with E-state index in [9.17, 15) is 0 Å². The van der Waals surface area contributed by atoms with Crippen molar-refractivity contribution < 1.29 is 0 Å². The molecule has 1 aromatic heterocycles. The van der Waals surface area contributed by atoms with Gasteiger partial charge in [0, 0.05) is 33.4 Å². The molecule has 0 amide bonds. The lowest BCUT2D eigenvalue weighted by Crippen LogP contribution is -2.14. The van der Waals surface area contributed by atoms with Crippen molar-refractivity contribution >= 4 is 38.9 Å². The molecular formula is C52H42N2. The molecule has 0 bridgehead atoms. The third-order valence-electron chi connectivity index (χ3n) is 11.1. The van der Waals surface area contributed by atoms with E-state index in [0.29, 0.717) is 0 Å². The van der Waals surface area contributed by atoms with Gasteiger partial charge in [-0.1, -0.05) is 140 Å². The summed E-state index contributed by atoms with van der Waals surface area (Å²) in [5.41, 5.74) is 19.4. The molecule has 0 spiro atoms. The Balaban J connectivity index is 1.24. The second-order valence-corrected chi connectivity index (χ2v) is 14.3. The largest absolute Gasteiger partial charge is 0.309 e. The molecular weight excluding hydrogens is 653 g/mol. The van der Waals surface area contributed by atoms with Crippen LogP contribution in [0.1, 0.15) is 22.3 Å². The quantitative estimate of drug-likeness (QED) is 0.161. The van der Waals surface area contributed by atoms with Crippen LogP contribution in [-0.2, 0) is 0 Å². The summed E-state index contributed by atoms with van der Waals surface area (Å²) in [6, 6.07) is 66.2. The topological polar surface area (TPSA) is 8.17 Å². The van der Waals surface area contributed by atoms with Crippen LogP contribution in [0.25, 0.3) is 60.9 Å². The highest BCUT2D eigenvalue weighted by atomic mass is 15.1. The van der Waals surface area contributed by atoms with Crippen molar-refractivity contribution in [2.75, 3.05) is 4.90 Å². The molecule has 9 aromatic rings. The maximum Gasteiger partial charge on any atom is 0.0541 e. The van der Waals surface area contributed by atoms with Crippen LogP contribution >= 0.6 is 0 Å². The van der Waals surface area contributed by atoms with Crippen molar-refractivity contribution in [3.05, 3.63) is 204 Å². The fourth-order valence-electron chi connectivity index (χ4n) is 8.36. The molecule has 0 N–H and O–H groups in total. The summed E-state index contributed by atoms with van der Waals surface area (Å²) in [7, 11) is 0. The van der Waals surface area contributed by atoms with E-state index >= 15 is 0 Å². The maximum atomic E-state index is 2.49. The van der Waals surface area contributed by atoms with E-state index < -0.39 is 0 Å². The Kier molecular flexibility index (Phi) is 8.44. The minimum atomic E-state index is 1.14. The molecule has 0 aliphatic carbocycles. The Hall–Kier alpha value is -6.64. The van der Waals surface area contributed by atoms with E-state index in [2.05, 4.69) is 219 Å². The number of aromatic nitrogens is 1. The van der Waals surface area contributed by atoms with Gasteiger partial charge in [-0.15, -0.1) is 0 Å². The first kappa shape index (κ1) is 33.2. The molecule has 0 saturated heterocycles. The zero-order valence-corrected chi connectivity index (χ0v) is 31.2. The second-order valence-electron chi connectivity index (χ2n) is 14.3. The van der Waals surface area contributed by atoms with Crippen LogP contribution in [0.4, 0.5) is 17.1 Å². The Morgan fingerprint density at radius 3 is 1.26 bits per heavy atom. The van der Waals surface area contributed by atoms with E-state index in [1.165, 1.54) is 77.4 Å². The Morgan fingerprint density at radius 2 is 0.741 bits per heavy atom. The van der Waals surface area contributed by atoms with Gasteiger partial charge in [-0.25, -0.2) is 0 Å². The lowest BCUT2D eigenvalue weighted by molar-refractivity contribution is 1.18. The van der Waals surface area contributed by atoms with Gasteiger partial charge in [0.05, 0.1) is 16.7 Å². The van der Waals surface area contributed by atoms with Gasteiger partial charge in [-0.05, 0) is 120 Å². The monoisotopic (exact) mass is 694 g/mol. The van der Waals surface area contributed by atoms with Crippen LogP contribution in [0.5, 0.6) is 0 Å². The number of benzene rings is 8. The van der Waals surface area contributed by atoms with Crippen molar-refractivity contribution in [1.82, 2.24) is 4.57 Å². The van der Waals surface area contributed by atoms with Crippen LogP contribution < -0.4 is 4.90 Å². The highest BCUT2D eigenvalue weighted by molar-refractivity contribution is 6.09. The van der Waals surface area contributed by atoms with E-state index in [1.807, 2.05) is 0 Å². The van der Waals surface area contributed by atoms with Crippen LogP contribution in [0.3, 0.4) is 0 Å². The fourth-order valence-corrected chi connectivity index (χ4v) is 8.36. The molecule has 0 unspecified atom stereocenters. The predicted molar refractivity (Wildman–Crippen MR) is 231 cm³/mol. The number of aryl methyl sites for hydroxylation is 2. The highest BCUT2D eigenvalue weighted by Crippen LogP contribution is 2.47. The minimum Gasteiger partial charge on any atom is -0.309 e. The number of rotatable bonds is 7. The van der Waals surface area contributed by atoms with Gasteiger partial charge in [0.1, 0.15) is 0 Å². The smallest absolute Gasteiger partial charge is 0.0541 e. The summed E-state index contributed by atoms with van der Waals surface area (Å²) in [6.07, 6.45) is 0. The number of fused-ring (bicyclic) bond motifs is 3. The van der Waals surface area contributed by atoms with Crippen molar-refractivity contribution in [2.24, 2.45) is 0 Å². The van der Waals surface area contributed by atoms with Gasteiger partial charge in [0.2, 0.25) is 0 Å². The summed E-state index contributed by atoms with van der Waals surface area (Å²) >= 11 is 0. The number of hydrogen-bond donors (Lipinski definition) is 0. The average molecular weight is 695 g/mol. The fraction of sp³-hybridized carbons (Fsp3) is 0.0769. The van der Waals surface area contributed by atoms with E-state index in [0.717, 1.165) is 22.7 Å². The first-order valence-electron chi connectivity index (χ1n) is 18.8. The van der Waals surface area contributed by atoms with Gasteiger partial charge in [-0.2, -0.15) is 0 Å². The molecule has 1 heterocycles. The average Bonchev–Trinajstić information content (AvgIpc) is 3.55. The zero-order valence-electron chi connectivity index (χ0n) is 31.2. The summed E-state index contributed by atoms with van der Waals surface area (Å²) in [4.78, 5) is 2.49. The van der Waals surface area contributed by atoms with Crippen molar-refractivity contribution in [2.45, 2.75) is 27.7 Å². The van der Waals surface area contributed by atoms with Gasteiger partial charge in [0.25, 0.3) is 0 Å². The molecule has 0 aliphatic heterocycles. The molecule has 0 radical (unpaired) electrons. The van der Waals surface area contributed by atoms with Gasteiger partial charge < -0.3 is 9.47 Å². The van der Waals surface area contributed by atoms with Crippen molar-refractivity contribution in [1.29, 1.82) is 0 Å². The van der Waals surface area contributed by atoms with Crippen LogP contribution in [0, 0.1) is 27.7 Å². The van der Waals surface area contributed by atoms with Crippen molar-refractivity contribution in [3.8, 4) is 39.1 Å². The van der Waals surface area contributed by atoms with Gasteiger partial charge in [-0.3, -0.25) is 0 Å². The number of para-hydroxylation sites is 3. The second kappa shape index (κ2) is 13.7. The zero-order chi connectivity index (χ0) is 36.8. The first-order chi connectivity index (χ1) is 26.5. The molecule has 8 aromatic carbocycles. The Morgan fingerprint density at radius 1 is 0.333 bits per heavy atom. The maximum absolute atomic E-state index is 2.49. The Bertz CT molecular complexity index is 2670. The predicted octanol–water partition coefficient (Wildman–Crippen LogP) is 14.5. The van der Waals surface area contributed by atoms with Crippen LogP contribution in [0.15, 0.2) is 182 Å². The molecule has 0 fully saturated rings. The minimum absolute atomic E-state index is 1.14. The molecule has 54 heavy (non-hydrogen) atoms. The first-order valence-corrected chi connectivity index (χ1v) is 18.8. The molecule has 2 heteroatoms. The molecule has 0 atom stereocenters. The van der Waals surface area contributed by atoms with Gasteiger partial charge >= 0.3 is 0 Å². The van der Waals surface area contributed by atoms with Gasteiger partial charge in [0.15, 0.2) is 0 Å². The lowest BCUT2D eigenvalue weighted by atomic mass is 9.92. The number of nitrogens with zero attached hydrogens (tertiary/aromatic N) is 2. The number of anilines is 3. The van der Waals surface area contributed by atoms with E-state index in [4.69, 9.17) is 0 Å². The van der Waals surface area contributed by atoms with Crippen LogP contribution in [0.2, 0.25) is 0 Å². The van der Waals surface area contributed by atoms with Crippen LogP contribution in [-0.4, -0.2) is 4.57 Å². The molecule has 9 rings (SSSR count). The van der Waals surface area contributed by atoms with E-state index in [-0.39, 0.29) is 0 Å². The Labute approximate surface area is 318 Å². The lowest BCUT2D eigenvalue weighted by Gasteiger charge is -2.32. The summed E-state index contributed by atoms with van der Waals surface area (Å²) < 4.78 is 2.38. The van der Waals surface area contributed by atoms with Crippen molar-refractivity contribution in [3.63, 3.8) is 0 Å². The molecule has 0 saturated carbocycles. The normalized spacial score (nSPS) is 11.3. The highest BCUT2D eigenvalue weighted by Gasteiger charge is 2.23. The summed E-state index contributed by atoms with van der Waals surface area (Å²) in [5.74, 6) is 0. The molecule has 260 valence electrons. The van der Waals surface area contributed by atoms with E-state index in [1.54, 1.807) is 0 Å². The SMILES string of the molecule is Cc1ccccc1-c1cccc(N(c2ccccc2-c2ccc(-n3c4ccccc4c4ccccc43)cc2)c2cccc(-c3ccccc3C)c2C)c1C. The summed E-state index contributed by atoms with van der Waals surface area (Å²) in [5, 5.41) is 2.54. The third kappa shape index (κ3) is 5.59. The molecule has 0 aliphatic rings. The standard InChI is InChI=1S/C52H42N2/c1-35-17-5-7-19-41(35)43-24-15-29-48(37(43)3)54(49-30-16-25-44(38(49)4)42-20-8-6-18-36(42)2)50-26-12-9-21-45(50)39-31-33-40(34-32-39)53-51-27-13-10-22-46(51)47-23-11-14-28-52(47)53/h5-34H,1-4H3.